The van der Waals surface area contributed by atoms with E-state index in [4.69, 9.17) is 0 Å². The van der Waals surface area contributed by atoms with E-state index in [-0.39, 0.29) is 20.1 Å². The van der Waals surface area contributed by atoms with Gasteiger partial charge >= 0.3 is 20.1 Å². The number of hydrogen-bond acceptors (Lipinski definition) is 3. The molecule has 0 N–H and O–H groups in total. The summed E-state index contributed by atoms with van der Waals surface area (Å²) in [5.41, 5.74) is 10.5. The van der Waals surface area contributed by atoms with Crippen LogP contribution in [0.15, 0.2) is 121 Å². The molecule has 5 heteroatoms. The van der Waals surface area contributed by atoms with E-state index in [0.717, 1.165) is 16.9 Å². The molecule has 1 aliphatic heterocycles. The van der Waals surface area contributed by atoms with E-state index < -0.39 is 0 Å². The Morgan fingerprint density at radius 1 is 0.689 bits per heavy atom. The maximum absolute atomic E-state index is 4.32. The number of para-hydroxylation sites is 4. The molecule has 0 radical (unpaired) electrons. The van der Waals surface area contributed by atoms with E-state index >= 15 is 0 Å². The van der Waals surface area contributed by atoms with Gasteiger partial charge in [-0.15, -0.1) is 42.0 Å². The number of pyridine rings is 1. The summed E-state index contributed by atoms with van der Waals surface area (Å²) in [6, 6.07) is 47.3. The second-order valence-electron chi connectivity index (χ2n) is 11.6. The van der Waals surface area contributed by atoms with E-state index in [1.807, 2.05) is 43.5 Å². The molecule has 5 aromatic carbocycles. The van der Waals surface area contributed by atoms with Crippen LogP contribution in [0.3, 0.4) is 0 Å². The summed E-state index contributed by atoms with van der Waals surface area (Å²) in [7, 11) is 0. The average Bonchev–Trinajstić information content (AvgIpc) is 3.74. The molecule has 1 aliphatic rings. The summed E-state index contributed by atoms with van der Waals surface area (Å²) < 4.78 is 2.43. The molecular weight excluding hydrogens is 729 g/mol. The van der Waals surface area contributed by atoms with Crippen LogP contribution in [-0.4, -0.2) is 15.4 Å². The SMILES string of the molecule is CC(C)N1[CH-]N(c2[c-]ccc3c2c2cccc4c5ccccc5n3c42)c2ccccc21.Cc1ccc(-c2[c-]cccc2)nc1.[Ir+3]. The van der Waals surface area contributed by atoms with E-state index in [1.54, 1.807) is 0 Å². The molecule has 45 heavy (non-hydrogen) atoms. The van der Waals surface area contributed by atoms with Crippen LogP contribution in [0.2, 0.25) is 0 Å². The molecule has 0 bridgehead atoms. The van der Waals surface area contributed by atoms with Crippen LogP contribution in [0, 0.1) is 25.7 Å². The molecule has 3 aromatic heterocycles. The Morgan fingerprint density at radius 3 is 2.22 bits per heavy atom. The standard InChI is InChI=1S/C28H21N3.C12H10N.Ir/c1-18(2)29-17-30(24-14-6-5-13-23(24)29)25-15-8-16-26-27(25)21-11-7-10-20-19-9-3-4-12-22(19)31(26)28(20)21;1-10-7-8-12(13-9-10)11-5-3-2-4-6-11;/h3-14,16-18H,1-2H3;2-5,7-9H,1H3;/q-2;-1;+3. The first-order valence-electron chi connectivity index (χ1n) is 15.1. The third kappa shape index (κ3) is 4.75. The van der Waals surface area contributed by atoms with Crippen molar-refractivity contribution in [2.24, 2.45) is 0 Å². The topological polar surface area (TPSA) is 23.8 Å². The molecule has 4 heterocycles. The monoisotopic (exact) mass is 760 g/mol. The Kier molecular flexibility index (Phi) is 7.53. The van der Waals surface area contributed by atoms with Crippen LogP contribution in [-0.2, 0) is 20.1 Å². The van der Waals surface area contributed by atoms with Gasteiger partial charge in [0.15, 0.2) is 0 Å². The molecule has 0 atom stereocenters. The summed E-state index contributed by atoms with van der Waals surface area (Å²) >= 11 is 0. The molecule has 9 rings (SSSR count). The van der Waals surface area contributed by atoms with Gasteiger partial charge in [0.25, 0.3) is 0 Å². The first-order chi connectivity index (χ1) is 21.6. The molecule has 4 nitrogen and oxygen atoms in total. The number of nitrogens with zero attached hydrogens (tertiary/aromatic N) is 4. The van der Waals surface area contributed by atoms with Gasteiger partial charge in [-0.25, -0.2) is 0 Å². The number of aryl methyl sites for hydroxylation is 1. The predicted octanol–water partition coefficient (Wildman–Crippen LogP) is 9.98. The van der Waals surface area contributed by atoms with Crippen LogP contribution in [0.5, 0.6) is 0 Å². The maximum Gasteiger partial charge on any atom is 3.00 e. The molecule has 0 aliphatic carbocycles. The van der Waals surface area contributed by atoms with Crippen molar-refractivity contribution in [1.82, 2.24) is 9.38 Å². The van der Waals surface area contributed by atoms with Gasteiger partial charge in [0.1, 0.15) is 0 Å². The number of hydrogen-bond donors (Lipinski definition) is 0. The van der Waals surface area contributed by atoms with Crippen molar-refractivity contribution in [3.63, 3.8) is 0 Å². The fraction of sp³-hybridized carbons (Fsp3) is 0.100. The number of fused-ring (bicyclic) bond motifs is 7. The summed E-state index contributed by atoms with van der Waals surface area (Å²) in [4.78, 5) is 8.97. The zero-order valence-electron chi connectivity index (χ0n) is 25.3. The molecular formula is C40H31IrN4. The molecule has 0 saturated heterocycles. The van der Waals surface area contributed by atoms with Crippen molar-refractivity contribution < 1.29 is 20.1 Å². The van der Waals surface area contributed by atoms with Gasteiger partial charge in [0, 0.05) is 33.9 Å². The maximum atomic E-state index is 4.32. The van der Waals surface area contributed by atoms with Crippen LogP contribution in [0.4, 0.5) is 17.1 Å². The van der Waals surface area contributed by atoms with Gasteiger partial charge in [-0.3, -0.25) is 0 Å². The molecule has 0 saturated carbocycles. The minimum absolute atomic E-state index is 0. The predicted molar refractivity (Wildman–Crippen MR) is 184 cm³/mol. The normalized spacial score (nSPS) is 12.6. The molecule has 220 valence electrons. The van der Waals surface area contributed by atoms with E-state index in [9.17, 15) is 0 Å². The van der Waals surface area contributed by atoms with E-state index in [1.165, 1.54) is 55.0 Å². The Morgan fingerprint density at radius 2 is 1.44 bits per heavy atom. The van der Waals surface area contributed by atoms with Gasteiger partial charge in [0.2, 0.25) is 0 Å². The fourth-order valence-corrected chi connectivity index (χ4v) is 6.49. The number of anilines is 3. The van der Waals surface area contributed by atoms with Crippen molar-refractivity contribution in [1.29, 1.82) is 0 Å². The molecule has 8 aromatic rings. The van der Waals surface area contributed by atoms with Crippen LogP contribution in [0.1, 0.15) is 19.4 Å². The molecule has 0 unspecified atom stereocenters. The summed E-state index contributed by atoms with van der Waals surface area (Å²) in [6.07, 6.45) is 1.87. The van der Waals surface area contributed by atoms with E-state index in [0.29, 0.717) is 6.04 Å². The first kappa shape index (κ1) is 29.0. The van der Waals surface area contributed by atoms with Crippen molar-refractivity contribution in [2.45, 2.75) is 26.8 Å². The third-order valence-electron chi connectivity index (χ3n) is 8.51. The zero-order chi connectivity index (χ0) is 29.8. The molecule has 0 fully saturated rings. The minimum atomic E-state index is 0. The second kappa shape index (κ2) is 11.7. The number of rotatable bonds is 3. The second-order valence-corrected chi connectivity index (χ2v) is 11.6. The summed E-state index contributed by atoms with van der Waals surface area (Å²) in [6.45, 7) is 8.72. The van der Waals surface area contributed by atoms with Crippen LogP contribution < -0.4 is 9.80 Å². The smallest absolute Gasteiger partial charge is 0.499 e. The zero-order valence-corrected chi connectivity index (χ0v) is 27.7. The summed E-state index contributed by atoms with van der Waals surface area (Å²) in [5, 5.41) is 5.16. The molecule has 0 amide bonds. The Labute approximate surface area is 277 Å². The largest absolute Gasteiger partial charge is 3.00 e. The van der Waals surface area contributed by atoms with Crippen LogP contribution >= 0.6 is 0 Å². The number of benzene rings is 5. The van der Waals surface area contributed by atoms with Gasteiger partial charge < -0.3 is 19.2 Å². The van der Waals surface area contributed by atoms with Crippen molar-refractivity contribution >= 4 is 55.2 Å². The van der Waals surface area contributed by atoms with Gasteiger partial charge in [-0.05, 0) is 61.7 Å². The van der Waals surface area contributed by atoms with E-state index in [2.05, 4.69) is 137 Å². The Hall–Kier alpha value is -4.70. The first-order valence-corrected chi connectivity index (χ1v) is 15.1. The third-order valence-corrected chi connectivity index (χ3v) is 8.51. The quantitative estimate of drug-likeness (QED) is 0.168. The Balaban J connectivity index is 0.000000196. The average molecular weight is 760 g/mol. The minimum Gasteiger partial charge on any atom is -0.499 e. The van der Waals surface area contributed by atoms with Crippen LogP contribution in [0.25, 0.3) is 49.4 Å². The van der Waals surface area contributed by atoms with Crippen molar-refractivity contribution in [2.75, 3.05) is 9.80 Å². The summed E-state index contributed by atoms with van der Waals surface area (Å²) in [5.74, 6) is 0. The van der Waals surface area contributed by atoms with Gasteiger partial charge in [-0.2, -0.15) is 18.8 Å². The van der Waals surface area contributed by atoms with Crippen molar-refractivity contribution in [3.05, 3.63) is 146 Å². The molecule has 0 spiro atoms. The fourth-order valence-electron chi connectivity index (χ4n) is 6.49. The Bertz CT molecular complexity index is 2250. The number of aromatic nitrogens is 2. The van der Waals surface area contributed by atoms with Gasteiger partial charge in [0.05, 0.1) is 5.52 Å². The van der Waals surface area contributed by atoms with Gasteiger partial charge in [-0.1, -0.05) is 77.3 Å². The van der Waals surface area contributed by atoms with Crippen molar-refractivity contribution in [3.8, 4) is 11.3 Å².